The molecule has 1 aromatic heterocycles. The molecule has 2 aliphatic rings. The number of hydrogen-bond donors (Lipinski definition) is 2. The topological polar surface area (TPSA) is 127 Å². The number of aliphatic imine (C=N–C) groups is 1. The second-order valence-corrected chi connectivity index (χ2v) is 9.89. The van der Waals surface area contributed by atoms with Crippen molar-refractivity contribution in [3.8, 4) is 5.75 Å². The Morgan fingerprint density at radius 1 is 1.39 bits per heavy atom. The average Bonchev–Trinajstić information content (AvgIpc) is 2.83. The first kappa shape index (κ1) is 21.0. The molecule has 0 saturated heterocycles. The van der Waals surface area contributed by atoms with Crippen LogP contribution >= 0.6 is 0 Å². The zero-order chi connectivity index (χ0) is 22.6. The molecule has 0 saturated carbocycles. The fourth-order valence-corrected chi connectivity index (χ4v) is 5.87. The predicted octanol–water partition coefficient (Wildman–Crippen LogP) is 1.74. The lowest BCUT2D eigenvalue weighted by Gasteiger charge is -2.40. The largest absolute Gasteiger partial charge is 0.493 e. The highest BCUT2D eigenvalue weighted by Crippen LogP contribution is 2.45. The van der Waals surface area contributed by atoms with Crippen LogP contribution in [-0.4, -0.2) is 48.5 Å². The molecule has 0 bridgehead atoms. The van der Waals surface area contributed by atoms with Gasteiger partial charge in [-0.25, -0.2) is 27.1 Å². The molecule has 0 fully saturated rings. The molecular weight excluding hydrogens is 425 g/mol. The number of halogens is 1. The molecule has 31 heavy (non-hydrogen) atoms. The lowest BCUT2D eigenvalue weighted by atomic mass is 9.87. The summed E-state index contributed by atoms with van der Waals surface area (Å²) in [5, 5.41) is 1.84. The Hall–Kier alpha value is -3.21. The molecule has 0 unspecified atom stereocenters. The molecule has 9 nitrogen and oxygen atoms in total. The Kier molecular flexibility index (Phi) is 4.88. The Morgan fingerprint density at radius 3 is 2.84 bits per heavy atom. The summed E-state index contributed by atoms with van der Waals surface area (Å²) in [5.74, 6) is -0.704. The maximum atomic E-state index is 13.3. The van der Waals surface area contributed by atoms with E-state index in [0.29, 0.717) is 22.6 Å². The number of nitrogens with one attached hydrogen (secondary N) is 1. The summed E-state index contributed by atoms with van der Waals surface area (Å²) >= 11 is 0. The van der Waals surface area contributed by atoms with Crippen LogP contribution in [0.3, 0.4) is 0 Å². The molecule has 3 heterocycles. The number of amides is 1. The minimum absolute atomic E-state index is 0.0841. The molecule has 0 spiro atoms. The molecule has 1 amide bonds. The van der Waals surface area contributed by atoms with Gasteiger partial charge in [0.1, 0.15) is 28.0 Å². The van der Waals surface area contributed by atoms with Crippen molar-refractivity contribution >= 4 is 27.6 Å². The molecule has 11 heteroatoms. The van der Waals surface area contributed by atoms with Crippen LogP contribution in [-0.2, 0) is 15.6 Å². The number of aryl methyl sites for hydroxylation is 1. The number of aromatic nitrogens is 1. The van der Waals surface area contributed by atoms with Gasteiger partial charge in [-0.05, 0) is 43.7 Å². The van der Waals surface area contributed by atoms with Crippen molar-refractivity contribution in [3.05, 3.63) is 53.1 Å². The van der Waals surface area contributed by atoms with Crippen LogP contribution in [0.1, 0.15) is 35.0 Å². The van der Waals surface area contributed by atoms with E-state index in [1.165, 1.54) is 13.1 Å². The summed E-state index contributed by atoms with van der Waals surface area (Å²) in [6.45, 7) is 3.47. The minimum atomic E-state index is -3.76. The van der Waals surface area contributed by atoms with Crippen molar-refractivity contribution in [2.45, 2.75) is 31.1 Å². The Bertz CT molecular complexity index is 1220. The molecular formula is C20H22FN5O4S. The van der Waals surface area contributed by atoms with Gasteiger partial charge in [-0.2, -0.15) is 0 Å². The first-order valence-electron chi connectivity index (χ1n) is 9.58. The van der Waals surface area contributed by atoms with Gasteiger partial charge in [-0.1, -0.05) is 0 Å². The van der Waals surface area contributed by atoms with E-state index in [2.05, 4.69) is 15.3 Å². The quantitative estimate of drug-likeness (QED) is 0.722. The van der Waals surface area contributed by atoms with Crippen LogP contribution in [0.5, 0.6) is 5.75 Å². The number of ether oxygens (including phenoxy) is 1. The second kappa shape index (κ2) is 7.19. The van der Waals surface area contributed by atoms with Gasteiger partial charge in [0.25, 0.3) is 5.91 Å². The highest BCUT2D eigenvalue weighted by molar-refractivity contribution is 7.90. The molecule has 1 aromatic carbocycles. The summed E-state index contributed by atoms with van der Waals surface area (Å²) in [7, 11) is -2.39. The van der Waals surface area contributed by atoms with Gasteiger partial charge in [0, 0.05) is 24.7 Å². The number of nitrogens with zero attached hydrogens (tertiary/aromatic N) is 3. The number of guanidine groups is 1. The number of benzene rings is 1. The number of rotatable bonds is 2. The van der Waals surface area contributed by atoms with Crippen LogP contribution in [0.4, 0.5) is 10.1 Å². The van der Waals surface area contributed by atoms with Crippen molar-refractivity contribution in [1.29, 1.82) is 0 Å². The number of fused-ring (bicyclic) bond motifs is 3. The molecule has 0 aliphatic carbocycles. The summed E-state index contributed by atoms with van der Waals surface area (Å²) in [4.78, 5) is 21.0. The Labute approximate surface area is 179 Å². The molecule has 3 N–H and O–H groups in total. The Balaban J connectivity index is 1.76. The van der Waals surface area contributed by atoms with Crippen LogP contribution in [0, 0.1) is 12.7 Å². The van der Waals surface area contributed by atoms with Crippen molar-refractivity contribution in [3.63, 3.8) is 0 Å². The van der Waals surface area contributed by atoms with Crippen molar-refractivity contribution in [2.24, 2.45) is 10.7 Å². The van der Waals surface area contributed by atoms with E-state index in [-0.39, 0.29) is 24.7 Å². The van der Waals surface area contributed by atoms with E-state index in [1.807, 2.05) is 0 Å². The summed E-state index contributed by atoms with van der Waals surface area (Å²) in [5.41, 5.74) is 6.09. The van der Waals surface area contributed by atoms with Crippen LogP contribution < -0.4 is 15.8 Å². The molecule has 2 aromatic rings. The summed E-state index contributed by atoms with van der Waals surface area (Å²) in [6, 6.07) is 6.14. The van der Waals surface area contributed by atoms with Gasteiger partial charge in [0.2, 0.25) is 16.0 Å². The number of anilines is 1. The highest BCUT2D eigenvalue weighted by Gasteiger charge is 2.52. The van der Waals surface area contributed by atoms with Gasteiger partial charge in [-0.15, -0.1) is 0 Å². The van der Waals surface area contributed by atoms with Gasteiger partial charge in [0.15, 0.2) is 0 Å². The smallest absolute Gasteiger partial charge is 0.274 e. The van der Waals surface area contributed by atoms with E-state index in [1.54, 1.807) is 32.0 Å². The maximum Gasteiger partial charge on any atom is 0.274 e. The van der Waals surface area contributed by atoms with E-state index in [4.69, 9.17) is 10.5 Å². The summed E-state index contributed by atoms with van der Waals surface area (Å²) in [6.07, 6.45) is 1.20. The minimum Gasteiger partial charge on any atom is -0.493 e. The number of carbonyl (C=O) groups is 1. The molecule has 0 radical (unpaired) electrons. The maximum absolute atomic E-state index is 13.3. The zero-order valence-electron chi connectivity index (χ0n) is 17.2. The SMILES string of the molecule is Cc1cc(F)cnc1C(=O)Nc1ccc2c(c1)[C@@]1(C)N=C(N)N(C)S(=O)(=O)[C@H]1CCO2. The van der Waals surface area contributed by atoms with Crippen LogP contribution in [0.25, 0.3) is 0 Å². The normalized spacial score (nSPS) is 24.2. The van der Waals surface area contributed by atoms with E-state index < -0.39 is 32.5 Å². The van der Waals surface area contributed by atoms with Gasteiger partial charge in [0.05, 0.1) is 12.8 Å². The van der Waals surface area contributed by atoms with E-state index >= 15 is 0 Å². The summed E-state index contributed by atoms with van der Waals surface area (Å²) < 4.78 is 46.2. The highest BCUT2D eigenvalue weighted by atomic mass is 32.2. The first-order valence-corrected chi connectivity index (χ1v) is 11.1. The lowest BCUT2D eigenvalue weighted by molar-refractivity contribution is 0.102. The van der Waals surface area contributed by atoms with Crippen LogP contribution in [0.2, 0.25) is 0 Å². The van der Waals surface area contributed by atoms with Gasteiger partial charge in [-0.3, -0.25) is 4.79 Å². The fourth-order valence-electron chi connectivity index (χ4n) is 4.03. The number of pyridine rings is 1. The van der Waals surface area contributed by atoms with E-state index in [9.17, 15) is 17.6 Å². The van der Waals surface area contributed by atoms with Crippen molar-refractivity contribution in [1.82, 2.24) is 9.29 Å². The Morgan fingerprint density at radius 2 is 2.13 bits per heavy atom. The third-order valence-electron chi connectivity index (χ3n) is 5.72. The first-order chi connectivity index (χ1) is 14.5. The fraction of sp³-hybridized carbons (Fsp3) is 0.350. The molecule has 164 valence electrons. The standard InChI is InChI=1S/C20H22FN5O4S/c1-11-8-12(21)10-23-17(11)18(27)24-13-4-5-15-14(9-13)20(2)16(6-7-30-15)31(28,29)26(3)19(22)25-20/h4-5,8-10,16H,6-7H2,1-3H3,(H2,22,25)(H,24,27)/t16-,20+/m0/s1. The molecule has 4 rings (SSSR count). The number of sulfonamides is 1. The number of carbonyl (C=O) groups excluding carboxylic acids is 1. The molecule has 2 atom stereocenters. The van der Waals surface area contributed by atoms with Crippen LogP contribution in [0.15, 0.2) is 35.5 Å². The van der Waals surface area contributed by atoms with Crippen molar-refractivity contribution in [2.75, 3.05) is 19.0 Å². The lowest BCUT2D eigenvalue weighted by Crippen LogP contribution is -2.56. The monoisotopic (exact) mass is 447 g/mol. The number of hydrogen-bond acceptors (Lipinski definition) is 7. The average molecular weight is 447 g/mol. The van der Waals surface area contributed by atoms with Gasteiger partial charge < -0.3 is 15.8 Å². The van der Waals surface area contributed by atoms with E-state index in [0.717, 1.165) is 10.5 Å². The predicted molar refractivity (Wildman–Crippen MR) is 113 cm³/mol. The number of nitrogens with two attached hydrogens (primary N) is 1. The molecule has 2 aliphatic heterocycles. The second-order valence-electron chi connectivity index (χ2n) is 7.74. The van der Waals surface area contributed by atoms with Crippen molar-refractivity contribution < 1.29 is 22.3 Å². The zero-order valence-corrected chi connectivity index (χ0v) is 18.0. The third-order valence-corrected chi connectivity index (χ3v) is 8.08. The van der Waals surface area contributed by atoms with Gasteiger partial charge >= 0.3 is 0 Å². The third kappa shape index (κ3) is 3.38.